The van der Waals surface area contributed by atoms with Gasteiger partial charge in [0.05, 0.1) is 5.75 Å². The van der Waals surface area contributed by atoms with Gasteiger partial charge >= 0.3 is 0 Å². The van der Waals surface area contributed by atoms with E-state index in [1.54, 1.807) is 0 Å². The molecule has 0 radical (unpaired) electrons. The van der Waals surface area contributed by atoms with Crippen LogP contribution < -0.4 is 0 Å². The third-order valence-corrected chi connectivity index (χ3v) is 2.60. The zero-order valence-electron chi connectivity index (χ0n) is 8.36. The molecule has 0 heterocycles. The highest BCUT2D eigenvalue weighted by Gasteiger charge is 2.03. The highest BCUT2D eigenvalue weighted by molar-refractivity contribution is 7.85. The van der Waals surface area contributed by atoms with E-state index >= 15 is 0 Å². The molecule has 0 atom stereocenters. The van der Waals surface area contributed by atoms with Crippen LogP contribution in [0, 0.1) is 0 Å². The Balaban J connectivity index is -0.000000720. The molecular formula is C10H27NO3S. The zero-order chi connectivity index (χ0) is 10.3. The van der Waals surface area contributed by atoms with Crippen LogP contribution in [0.1, 0.15) is 41.0 Å². The molecule has 0 aliphatic carbocycles. The van der Waals surface area contributed by atoms with Gasteiger partial charge in [-0.2, -0.15) is 8.42 Å². The Morgan fingerprint density at radius 3 is 2.07 bits per heavy atom. The molecule has 0 aromatic carbocycles. The van der Waals surface area contributed by atoms with Crippen LogP contribution in [0.25, 0.3) is 0 Å². The van der Waals surface area contributed by atoms with E-state index in [9.17, 15) is 8.42 Å². The van der Waals surface area contributed by atoms with Crippen LogP contribution in [-0.4, -0.2) is 43.8 Å². The van der Waals surface area contributed by atoms with Crippen molar-refractivity contribution in [2.75, 3.05) is 25.9 Å². The molecule has 1 N–H and O–H groups in total. The largest absolute Gasteiger partial charge is 0.306 e. The first-order valence-electron chi connectivity index (χ1n) is 4.59. The van der Waals surface area contributed by atoms with Crippen molar-refractivity contribution in [2.45, 2.75) is 41.0 Å². The van der Waals surface area contributed by atoms with Crippen molar-refractivity contribution >= 4 is 10.1 Å². The summed E-state index contributed by atoms with van der Waals surface area (Å²) in [6, 6.07) is 0. The van der Waals surface area contributed by atoms with E-state index in [1.807, 2.05) is 7.05 Å². The van der Waals surface area contributed by atoms with E-state index in [4.69, 9.17) is 4.55 Å². The topological polar surface area (TPSA) is 57.6 Å². The van der Waals surface area contributed by atoms with Crippen LogP contribution in [0.3, 0.4) is 0 Å². The second-order valence-corrected chi connectivity index (χ2v) is 4.87. The molecule has 0 rings (SSSR count). The third-order valence-electron chi connectivity index (χ3n) is 1.80. The predicted molar refractivity (Wildman–Crippen MR) is 66.9 cm³/mol. The molecule has 15 heavy (non-hydrogen) atoms. The summed E-state index contributed by atoms with van der Waals surface area (Å²) in [5, 5.41) is 0. The van der Waals surface area contributed by atoms with Crippen molar-refractivity contribution in [2.24, 2.45) is 0 Å². The van der Waals surface area contributed by atoms with Gasteiger partial charge in [0.15, 0.2) is 0 Å². The molecule has 0 bridgehead atoms. The van der Waals surface area contributed by atoms with E-state index < -0.39 is 10.1 Å². The zero-order valence-corrected chi connectivity index (χ0v) is 9.18. The van der Waals surface area contributed by atoms with E-state index in [0.717, 1.165) is 25.9 Å². The summed E-state index contributed by atoms with van der Waals surface area (Å²) in [7, 11) is -1.74. The van der Waals surface area contributed by atoms with Gasteiger partial charge in [0.2, 0.25) is 0 Å². The minimum Gasteiger partial charge on any atom is -0.306 e. The van der Waals surface area contributed by atoms with Gasteiger partial charge in [-0.1, -0.05) is 21.8 Å². The smallest absolute Gasteiger partial charge is 0.264 e. The van der Waals surface area contributed by atoms with E-state index in [2.05, 4.69) is 11.8 Å². The predicted octanol–water partition coefficient (Wildman–Crippen LogP) is 2.27. The average Bonchev–Trinajstić information content (AvgIpc) is 1.97. The number of hydrogen-bond acceptors (Lipinski definition) is 3. The van der Waals surface area contributed by atoms with Crippen LogP contribution in [-0.2, 0) is 10.1 Å². The van der Waals surface area contributed by atoms with Crippen LogP contribution in [0.4, 0.5) is 0 Å². The molecule has 0 fully saturated rings. The number of rotatable bonds is 7. The molecule has 0 aromatic rings. The molecule has 0 aliphatic rings. The molecule has 4 nitrogen and oxygen atoms in total. The summed E-state index contributed by atoms with van der Waals surface area (Å²) in [5.74, 6) is -0.118. The van der Waals surface area contributed by atoms with Crippen LogP contribution in [0.15, 0.2) is 0 Å². The van der Waals surface area contributed by atoms with Gasteiger partial charge in [-0.15, -0.1) is 0 Å². The highest BCUT2D eigenvalue weighted by Crippen LogP contribution is 1.96. The maximum atomic E-state index is 10.3. The second-order valence-electron chi connectivity index (χ2n) is 3.30. The average molecular weight is 241 g/mol. The Labute approximate surface area is 95.4 Å². The van der Waals surface area contributed by atoms with E-state index in [1.165, 1.54) is 0 Å². The summed E-state index contributed by atoms with van der Waals surface area (Å²) in [4.78, 5) is 2.16. The Kier molecular flexibility index (Phi) is 14.1. The number of unbranched alkanes of at least 4 members (excludes halogenated alkanes) is 1. The number of nitrogens with zero attached hydrogens (tertiary/aromatic N) is 1. The quantitative estimate of drug-likeness (QED) is 0.549. The molecule has 0 aromatic heterocycles. The molecule has 96 valence electrons. The summed E-state index contributed by atoms with van der Waals surface area (Å²) >= 11 is 0. The van der Waals surface area contributed by atoms with Crippen molar-refractivity contribution in [3.8, 4) is 0 Å². The Morgan fingerprint density at radius 1 is 1.13 bits per heavy atom. The number of hydrogen-bond donors (Lipinski definition) is 1. The maximum Gasteiger partial charge on any atom is 0.264 e. The molecular weight excluding hydrogens is 214 g/mol. The first-order valence-corrected chi connectivity index (χ1v) is 6.20. The summed E-state index contributed by atoms with van der Waals surface area (Å²) in [6.45, 7) is 4.03. The monoisotopic (exact) mass is 241 g/mol. The standard InChI is InChI=1S/C8H19NO3S.2CH4/c1-3-6-9(2)7-4-5-8-13(10,11)12;;/h3-8H2,1-2H3,(H,10,11,12);2*1H4. The van der Waals surface area contributed by atoms with Crippen molar-refractivity contribution in [3.63, 3.8) is 0 Å². The van der Waals surface area contributed by atoms with Crippen molar-refractivity contribution in [1.82, 2.24) is 4.90 Å². The summed E-state index contributed by atoms with van der Waals surface area (Å²) < 4.78 is 29.1. The first kappa shape index (κ1) is 20.3. The molecule has 0 aliphatic heterocycles. The van der Waals surface area contributed by atoms with Gasteiger partial charge in [-0.25, -0.2) is 0 Å². The SMILES string of the molecule is C.C.CCCN(C)CCCCS(=O)(=O)O. The summed E-state index contributed by atoms with van der Waals surface area (Å²) in [5.41, 5.74) is 0. The fraction of sp³-hybridized carbons (Fsp3) is 1.00. The van der Waals surface area contributed by atoms with Gasteiger partial charge in [0.25, 0.3) is 10.1 Å². The van der Waals surface area contributed by atoms with Crippen molar-refractivity contribution in [1.29, 1.82) is 0 Å². The molecule has 0 amide bonds. The Bertz CT molecular complexity index is 215. The second kappa shape index (κ2) is 10.4. The highest BCUT2D eigenvalue weighted by atomic mass is 32.2. The van der Waals surface area contributed by atoms with Gasteiger partial charge in [-0.05, 0) is 39.4 Å². The van der Waals surface area contributed by atoms with Gasteiger partial charge in [-0.3, -0.25) is 4.55 Å². The minimum atomic E-state index is -3.75. The Morgan fingerprint density at radius 2 is 1.67 bits per heavy atom. The first-order chi connectivity index (χ1) is 5.95. The fourth-order valence-corrected chi connectivity index (χ4v) is 1.73. The lowest BCUT2D eigenvalue weighted by Crippen LogP contribution is -2.20. The molecule has 5 heteroatoms. The van der Waals surface area contributed by atoms with Crippen LogP contribution in [0.5, 0.6) is 0 Å². The Hall–Kier alpha value is -0.130. The van der Waals surface area contributed by atoms with Gasteiger partial charge < -0.3 is 4.90 Å². The van der Waals surface area contributed by atoms with Crippen molar-refractivity contribution in [3.05, 3.63) is 0 Å². The summed E-state index contributed by atoms with van der Waals surface area (Å²) in [6.07, 6.45) is 2.46. The molecule has 0 unspecified atom stereocenters. The lowest BCUT2D eigenvalue weighted by atomic mass is 10.3. The molecule has 0 spiro atoms. The lowest BCUT2D eigenvalue weighted by Gasteiger charge is -2.14. The maximum absolute atomic E-state index is 10.3. The van der Waals surface area contributed by atoms with Gasteiger partial charge in [0, 0.05) is 0 Å². The van der Waals surface area contributed by atoms with E-state index in [-0.39, 0.29) is 20.6 Å². The van der Waals surface area contributed by atoms with E-state index in [0.29, 0.717) is 6.42 Å². The fourth-order valence-electron chi connectivity index (χ4n) is 1.16. The molecule has 0 saturated carbocycles. The minimum absolute atomic E-state index is 0. The normalized spacial score (nSPS) is 10.7. The van der Waals surface area contributed by atoms with Crippen molar-refractivity contribution < 1.29 is 13.0 Å². The van der Waals surface area contributed by atoms with Crippen LogP contribution >= 0.6 is 0 Å². The molecule has 0 saturated heterocycles. The van der Waals surface area contributed by atoms with Crippen LogP contribution in [0.2, 0.25) is 0 Å². The van der Waals surface area contributed by atoms with Gasteiger partial charge in [0.1, 0.15) is 0 Å². The third kappa shape index (κ3) is 16.5. The lowest BCUT2D eigenvalue weighted by molar-refractivity contribution is 0.328.